The van der Waals surface area contributed by atoms with Crippen LogP contribution in [-0.2, 0) is 6.54 Å². The molecule has 1 saturated heterocycles. The summed E-state index contributed by atoms with van der Waals surface area (Å²) in [6.45, 7) is 1.68. The molecule has 2 rings (SSSR count). The Morgan fingerprint density at radius 1 is 1.50 bits per heavy atom. The van der Waals surface area contributed by atoms with E-state index >= 15 is 0 Å². The number of carbonyl (C=O) groups is 1. The minimum absolute atomic E-state index is 0.0732. The van der Waals surface area contributed by atoms with E-state index in [4.69, 9.17) is 10.2 Å². The van der Waals surface area contributed by atoms with Crippen LogP contribution in [0.5, 0.6) is 0 Å². The van der Waals surface area contributed by atoms with Gasteiger partial charge in [0.2, 0.25) is 0 Å². The van der Waals surface area contributed by atoms with Crippen LogP contribution in [-0.4, -0.2) is 50.5 Å². The van der Waals surface area contributed by atoms with Crippen LogP contribution >= 0.6 is 15.9 Å². The molecule has 6 nitrogen and oxygen atoms in total. The zero-order valence-corrected chi connectivity index (χ0v) is 11.5. The second-order valence-electron chi connectivity index (χ2n) is 4.38. The van der Waals surface area contributed by atoms with Crippen molar-refractivity contribution in [2.75, 3.05) is 19.7 Å². The minimum atomic E-state index is -0.853. The molecule has 1 aliphatic heterocycles. The van der Waals surface area contributed by atoms with Crippen molar-refractivity contribution < 1.29 is 15.0 Å². The van der Waals surface area contributed by atoms with Crippen molar-refractivity contribution in [1.29, 1.82) is 0 Å². The number of imidazole rings is 1. The van der Waals surface area contributed by atoms with E-state index in [1.807, 2.05) is 10.8 Å². The third-order valence-electron chi connectivity index (χ3n) is 3.25. The molecule has 18 heavy (non-hydrogen) atoms. The SMILES string of the molecule is O=C(O)N1CCC(c2nc(Br)cn2CCO)CC1. The van der Waals surface area contributed by atoms with Crippen LogP contribution in [0.15, 0.2) is 10.8 Å². The van der Waals surface area contributed by atoms with Gasteiger partial charge in [-0.15, -0.1) is 0 Å². The molecule has 1 amide bonds. The topological polar surface area (TPSA) is 78.6 Å². The molecule has 0 bridgehead atoms. The summed E-state index contributed by atoms with van der Waals surface area (Å²) in [5.74, 6) is 1.19. The Morgan fingerprint density at radius 3 is 2.72 bits per heavy atom. The Hall–Kier alpha value is -1.08. The Morgan fingerprint density at radius 2 is 2.17 bits per heavy atom. The second-order valence-corrected chi connectivity index (χ2v) is 5.20. The highest BCUT2D eigenvalue weighted by molar-refractivity contribution is 9.10. The van der Waals surface area contributed by atoms with E-state index in [-0.39, 0.29) is 12.5 Å². The quantitative estimate of drug-likeness (QED) is 0.885. The van der Waals surface area contributed by atoms with E-state index in [9.17, 15) is 4.79 Å². The highest BCUT2D eigenvalue weighted by Gasteiger charge is 2.26. The molecule has 1 aliphatic rings. The molecule has 0 aromatic carbocycles. The van der Waals surface area contributed by atoms with Crippen molar-refractivity contribution in [1.82, 2.24) is 14.5 Å². The molecule has 0 spiro atoms. The number of hydrogen-bond donors (Lipinski definition) is 2. The largest absolute Gasteiger partial charge is 0.465 e. The first-order valence-electron chi connectivity index (χ1n) is 5.93. The van der Waals surface area contributed by atoms with E-state index < -0.39 is 6.09 Å². The maximum absolute atomic E-state index is 10.8. The summed E-state index contributed by atoms with van der Waals surface area (Å²) in [5, 5.41) is 17.9. The lowest BCUT2D eigenvalue weighted by Crippen LogP contribution is -2.37. The summed E-state index contributed by atoms with van der Waals surface area (Å²) in [6.07, 6.45) is 2.56. The number of aromatic nitrogens is 2. The highest BCUT2D eigenvalue weighted by Crippen LogP contribution is 2.28. The van der Waals surface area contributed by atoms with E-state index in [2.05, 4.69) is 20.9 Å². The number of piperidine rings is 1. The van der Waals surface area contributed by atoms with Gasteiger partial charge in [0.15, 0.2) is 0 Å². The number of hydrogen-bond acceptors (Lipinski definition) is 3. The molecule has 0 unspecified atom stereocenters. The van der Waals surface area contributed by atoms with Gasteiger partial charge in [-0.2, -0.15) is 0 Å². The van der Waals surface area contributed by atoms with Crippen LogP contribution in [0, 0.1) is 0 Å². The summed E-state index contributed by atoms with van der Waals surface area (Å²) >= 11 is 3.34. The second kappa shape index (κ2) is 5.71. The standard InChI is InChI=1S/C11H16BrN3O3/c12-9-7-15(5-6-16)10(13-9)8-1-3-14(4-2-8)11(17)18/h7-8,16H,1-6H2,(H,17,18). The number of aliphatic hydroxyl groups excluding tert-OH is 1. The van der Waals surface area contributed by atoms with E-state index in [0.29, 0.717) is 19.6 Å². The number of likely N-dealkylation sites (tertiary alicyclic amines) is 1. The maximum Gasteiger partial charge on any atom is 0.407 e. The number of halogens is 1. The van der Waals surface area contributed by atoms with Gasteiger partial charge in [0.1, 0.15) is 10.4 Å². The van der Waals surface area contributed by atoms with Gasteiger partial charge in [-0.25, -0.2) is 9.78 Å². The third-order valence-corrected chi connectivity index (χ3v) is 3.63. The van der Waals surface area contributed by atoms with Crippen LogP contribution in [0.4, 0.5) is 4.79 Å². The average molecular weight is 318 g/mol. The number of rotatable bonds is 3. The predicted octanol–water partition coefficient (Wildman–Crippen LogP) is 1.50. The van der Waals surface area contributed by atoms with Gasteiger partial charge in [0.05, 0.1) is 6.61 Å². The van der Waals surface area contributed by atoms with E-state index in [0.717, 1.165) is 23.3 Å². The van der Waals surface area contributed by atoms with Gasteiger partial charge in [-0.1, -0.05) is 0 Å². The van der Waals surface area contributed by atoms with Crippen molar-refractivity contribution in [3.8, 4) is 0 Å². The fourth-order valence-electron chi connectivity index (χ4n) is 2.34. The molecule has 0 saturated carbocycles. The summed E-state index contributed by atoms with van der Waals surface area (Å²) < 4.78 is 2.69. The molecule has 0 atom stereocenters. The molecule has 2 N–H and O–H groups in total. The van der Waals surface area contributed by atoms with Gasteiger partial charge in [0.25, 0.3) is 0 Å². The normalized spacial score (nSPS) is 17.1. The number of nitrogens with zero attached hydrogens (tertiary/aromatic N) is 3. The first-order valence-corrected chi connectivity index (χ1v) is 6.72. The van der Waals surface area contributed by atoms with E-state index in [1.165, 1.54) is 4.90 Å². The first-order chi connectivity index (χ1) is 8.61. The maximum atomic E-state index is 10.8. The number of carboxylic acid groups (broad SMARTS) is 1. The van der Waals surface area contributed by atoms with E-state index in [1.54, 1.807) is 0 Å². The Labute approximate surface area is 113 Å². The minimum Gasteiger partial charge on any atom is -0.465 e. The van der Waals surface area contributed by atoms with Gasteiger partial charge < -0.3 is 19.7 Å². The van der Waals surface area contributed by atoms with Crippen LogP contribution in [0.3, 0.4) is 0 Å². The fraction of sp³-hybridized carbons (Fsp3) is 0.636. The Bertz CT molecular complexity index is 427. The van der Waals surface area contributed by atoms with Gasteiger partial charge >= 0.3 is 6.09 Å². The van der Waals surface area contributed by atoms with Crippen LogP contribution in [0.2, 0.25) is 0 Å². The summed E-state index contributed by atoms with van der Waals surface area (Å²) in [7, 11) is 0. The first kappa shape index (κ1) is 13.4. The Kier molecular flexibility index (Phi) is 4.23. The summed E-state index contributed by atoms with van der Waals surface area (Å²) in [6, 6.07) is 0. The van der Waals surface area contributed by atoms with Gasteiger partial charge in [-0.3, -0.25) is 0 Å². The highest BCUT2D eigenvalue weighted by atomic mass is 79.9. The zero-order chi connectivity index (χ0) is 13.1. The van der Waals surface area contributed by atoms with Crippen molar-refractivity contribution >= 4 is 22.0 Å². The van der Waals surface area contributed by atoms with Crippen LogP contribution in [0.1, 0.15) is 24.6 Å². The summed E-state index contributed by atoms with van der Waals surface area (Å²) in [4.78, 5) is 16.7. The average Bonchev–Trinajstić information content (AvgIpc) is 2.71. The van der Waals surface area contributed by atoms with Crippen LogP contribution in [0.25, 0.3) is 0 Å². The molecule has 2 heterocycles. The van der Waals surface area contributed by atoms with Crippen LogP contribution < -0.4 is 0 Å². The molecule has 0 aliphatic carbocycles. The van der Waals surface area contributed by atoms with Crippen molar-refractivity contribution in [2.45, 2.75) is 25.3 Å². The third kappa shape index (κ3) is 2.84. The van der Waals surface area contributed by atoms with Gasteiger partial charge in [0, 0.05) is 31.7 Å². The van der Waals surface area contributed by atoms with Crippen molar-refractivity contribution in [3.05, 3.63) is 16.6 Å². The lowest BCUT2D eigenvalue weighted by Gasteiger charge is -2.29. The van der Waals surface area contributed by atoms with Crippen molar-refractivity contribution in [2.24, 2.45) is 0 Å². The molecule has 7 heteroatoms. The molecule has 1 aromatic heterocycles. The smallest absolute Gasteiger partial charge is 0.407 e. The van der Waals surface area contributed by atoms with Crippen molar-refractivity contribution in [3.63, 3.8) is 0 Å². The molecule has 100 valence electrons. The molecular weight excluding hydrogens is 302 g/mol. The lowest BCUT2D eigenvalue weighted by atomic mass is 9.96. The monoisotopic (exact) mass is 317 g/mol. The molecule has 0 radical (unpaired) electrons. The number of aliphatic hydroxyl groups is 1. The van der Waals surface area contributed by atoms with Gasteiger partial charge in [-0.05, 0) is 28.8 Å². The molecule has 1 aromatic rings. The molecule has 1 fully saturated rings. The molecular formula is C11H16BrN3O3. The predicted molar refractivity (Wildman–Crippen MR) is 68.6 cm³/mol. The lowest BCUT2D eigenvalue weighted by molar-refractivity contribution is 0.131. The summed E-state index contributed by atoms with van der Waals surface area (Å²) in [5.41, 5.74) is 0. The fourth-order valence-corrected chi connectivity index (χ4v) is 2.77. The zero-order valence-electron chi connectivity index (χ0n) is 9.92. The number of amides is 1. The Balaban J connectivity index is 2.07.